The molecule has 0 aliphatic carbocycles. The number of carbonyl (C=O) groups is 1. The van der Waals surface area contributed by atoms with Crippen LogP contribution in [-0.2, 0) is 4.79 Å². The first-order chi connectivity index (χ1) is 7.25. The average molecular weight is 212 g/mol. The van der Waals surface area contributed by atoms with Crippen LogP contribution in [0.1, 0.15) is 51.9 Å². The van der Waals surface area contributed by atoms with Gasteiger partial charge in [-0.3, -0.25) is 4.79 Å². The van der Waals surface area contributed by atoms with Crippen molar-refractivity contribution in [3.63, 3.8) is 0 Å². The number of nitrogens with zero attached hydrogens (tertiary/aromatic N) is 1. The Kier molecular flexibility index (Phi) is 5.69. The molecule has 1 aliphatic rings. The molecule has 1 aliphatic heterocycles. The normalized spacial score (nSPS) is 20.5. The maximum Gasteiger partial charge on any atom is 0.239 e. The Morgan fingerprint density at radius 2 is 1.73 bits per heavy atom. The van der Waals surface area contributed by atoms with Crippen LogP contribution >= 0.6 is 0 Å². The van der Waals surface area contributed by atoms with Crippen LogP contribution in [0.5, 0.6) is 0 Å². The number of hydrogen-bond acceptors (Lipinski definition) is 2. The molecule has 2 N–H and O–H groups in total. The average Bonchev–Trinajstić information content (AvgIpc) is 2.16. The maximum absolute atomic E-state index is 12.0. The summed E-state index contributed by atoms with van der Waals surface area (Å²) in [5.41, 5.74) is 5.86. The van der Waals surface area contributed by atoms with E-state index in [0.29, 0.717) is 0 Å². The second-order valence-corrected chi connectivity index (χ2v) is 4.49. The third-order valence-electron chi connectivity index (χ3n) is 3.08. The lowest BCUT2D eigenvalue weighted by Crippen LogP contribution is -2.44. The first kappa shape index (κ1) is 12.5. The van der Waals surface area contributed by atoms with E-state index >= 15 is 0 Å². The number of hydrogen-bond donors (Lipinski definition) is 1. The van der Waals surface area contributed by atoms with E-state index in [-0.39, 0.29) is 11.9 Å². The Morgan fingerprint density at radius 3 is 2.27 bits per heavy atom. The van der Waals surface area contributed by atoms with Gasteiger partial charge in [-0.2, -0.15) is 0 Å². The quantitative estimate of drug-likeness (QED) is 0.776. The third kappa shape index (κ3) is 4.20. The Bertz CT molecular complexity index is 186. The van der Waals surface area contributed by atoms with Crippen molar-refractivity contribution in [3.8, 4) is 0 Å². The Balaban J connectivity index is 2.40. The molecule has 0 bridgehead atoms. The SMILES string of the molecule is CCC[C@@H](N)C(=O)N1CCCCCCC1. The Hall–Kier alpha value is -0.570. The number of amides is 1. The van der Waals surface area contributed by atoms with Gasteiger partial charge in [0.1, 0.15) is 0 Å². The molecule has 0 aromatic heterocycles. The van der Waals surface area contributed by atoms with Gasteiger partial charge >= 0.3 is 0 Å². The van der Waals surface area contributed by atoms with Crippen molar-refractivity contribution in [2.45, 2.75) is 57.9 Å². The lowest BCUT2D eigenvalue weighted by Gasteiger charge is -2.27. The van der Waals surface area contributed by atoms with E-state index in [1.807, 2.05) is 4.90 Å². The van der Waals surface area contributed by atoms with E-state index in [2.05, 4.69) is 6.92 Å². The van der Waals surface area contributed by atoms with Gasteiger partial charge in [-0.1, -0.05) is 32.6 Å². The predicted octanol–water partition coefficient (Wildman–Crippen LogP) is 1.91. The predicted molar refractivity (Wildman–Crippen MR) is 62.5 cm³/mol. The van der Waals surface area contributed by atoms with Crippen LogP contribution in [0.25, 0.3) is 0 Å². The molecule has 3 heteroatoms. The van der Waals surface area contributed by atoms with Gasteiger partial charge in [0.15, 0.2) is 0 Å². The van der Waals surface area contributed by atoms with Crippen molar-refractivity contribution in [3.05, 3.63) is 0 Å². The summed E-state index contributed by atoms with van der Waals surface area (Å²) in [6.07, 6.45) is 7.92. The molecule has 0 unspecified atom stereocenters. The van der Waals surface area contributed by atoms with E-state index in [1.54, 1.807) is 0 Å². The van der Waals surface area contributed by atoms with Gasteiger partial charge in [0, 0.05) is 13.1 Å². The third-order valence-corrected chi connectivity index (χ3v) is 3.08. The minimum atomic E-state index is -0.269. The Labute approximate surface area is 93.0 Å². The van der Waals surface area contributed by atoms with E-state index in [4.69, 9.17) is 5.73 Å². The minimum absolute atomic E-state index is 0.166. The molecule has 15 heavy (non-hydrogen) atoms. The topological polar surface area (TPSA) is 46.3 Å². The summed E-state index contributed by atoms with van der Waals surface area (Å²) in [5, 5.41) is 0. The van der Waals surface area contributed by atoms with Crippen molar-refractivity contribution in [1.29, 1.82) is 0 Å². The van der Waals surface area contributed by atoms with Crippen LogP contribution < -0.4 is 5.73 Å². The van der Waals surface area contributed by atoms with Crippen molar-refractivity contribution >= 4 is 5.91 Å². The monoisotopic (exact) mass is 212 g/mol. The molecule has 1 heterocycles. The fourth-order valence-electron chi connectivity index (χ4n) is 2.14. The van der Waals surface area contributed by atoms with Crippen molar-refractivity contribution in [1.82, 2.24) is 4.90 Å². The van der Waals surface area contributed by atoms with Gasteiger partial charge in [-0.15, -0.1) is 0 Å². The van der Waals surface area contributed by atoms with Gasteiger partial charge in [-0.05, 0) is 19.3 Å². The van der Waals surface area contributed by atoms with E-state index in [0.717, 1.165) is 38.8 Å². The largest absolute Gasteiger partial charge is 0.341 e. The summed E-state index contributed by atoms with van der Waals surface area (Å²) >= 11 is 0. The second kappa shape index (κ2) is 6.83. The Morgan fingerprint density at radius 1 is 1.20 bits per heavy atom. The van der Waals surface area contributed by atoms with Crippen molar-refractivity contribution in [2.75, 3.05) is 13.1 Å². The molecule has 0 spiro atoms. The lowest BCUT2D eigenvalue weighted by atomic mass is 10.1. The summed E-state index contributed by atoms with van der Waals surface area (Å²) in [7, 11) is 0. The second-order valence-electron chi connectivity index (χ2n) is 4.49. The molecule has 1 rings (SSSR count). The van der Waals surface area contributed by atoms with Gasteiger partial charge < -0.3 is 10.6 Å². The molecule has 0 aromatic rings. The zero-order valence-electron chi connectivity index (χ0n) is 9.87. The maximum atomic E-state index is 12.0. The molecule has 0 saturated carbocycles. The van der Waals surface area contributed by atoms with Crippen LogP contribution in [-0.4, -0.2) is 29.9 Å². The smallest absolute Gasteiger partial charge is 0.239 e. The van der Waals surface area contributed by atoms with E-state index < -0.39 is 0 Å². The van der Waals surface area contributed by atoms with Gasteiger partial charge in [-0.25, -0.2) is 0 Å². The molecular weight excluding hydrogens is 188 g/mol. The van der Waals surface area contributed by atoms with Gasteiger partial charge in [0.2, 0.25) is 5.91 Å². The lowest BCUT2D eigenvalue weighted by molar-refractivity contribution is -0.133. The first-order valence-electron chi connectivity index (χ1n) is 6.30. The van der Waals surface area contributed by atoms with E-state index in [1.165, 1.54) is 19.3 Å². The highest BCUT2D eigenvalue weighted by atomic mass is 16.2. The van der Waals surface area contributed by atoms with Crippen LogP contribution in [0.15, 0.2) is 0 Å². The summed E-state index contributed by atoms with van der Waals surface area (Å²) in [5.74, 6) is 0.166. The summed E-state index contributed by atoms with van der Waals surface area (Å²) < 4.78 is 0. The fraction of sp³-hybridized carbons (Fsp3) is 0.917. The molecule has 0 aromatic carbocycles. The number of carbonyl (C=O) groups excluding carboxylic acids is 1. The zero-order chi connectivity index (χ0) is 11.1. The molecule has 88 valence electrons. The minimum Gasteiger partial charge on any atom is -0.341 e. The standard InChI is InChI=1S/C12H24N2O/c1-2-8-11(13)12(15)14-9-6-4-3-5-7-10-14/h11H,2-10,13H2,1H3/t11-/m1/s1. The highest BCUT2D eigenvalue weighted by Crippen LogP contribution is 2.11. The van der Waals surface area contributed by atoms with Crippen LogP contribution in [0.3, 0.4) is 0 Å². The molecule has 1 fully saturated rings. The molecule has 1 saturated heterocycles. The summed E-state index contributed by atoms with van der Waals surface area (Å²) in [6, 6.07) is -0.269. The highest BCUT2D eigenvalue weighted by Gasteiger charge is 2.20. The molecular formula is C12H24N2O. The summed E-state index contributed by atoms with van der Waals surface area (Å²) in [4.78, 5) is 13.9. The van der Waals surface area contributed by atoms with Gasteiger partial charge in [0.25, 0.3) is 0 Å². The first-order valence-corrected chi connectivity index (χ1v) is 6.30. The molecule has 0 radical (unpaired) electrons. The number of rotatable bonds is 3. The van der Waals surface area contributed by atoms with Gasteiger partial charge in [0.05, 0.1) is 6.04 Å². The fourth-order valence-corrected chi connectivity index (χ4v) is 2.14. The zero-order valence-corrected chi connectivity index (χ0v) is 9.87. The van der Waals surface area contributed by atoms with Crippen molar-refractivity contribution < 1.29 is 4.79 Å². The van der Waals surface area contributed by atoms with Crippen LogP contribution in [0.2, 0.25) is 0 Å². The van der Waals surface area contributed by atoms with Crippen molar-refractivity contribution in [2.24, 2.45) is 5.73 Å². The molecule has 3 nitrogen and oxygen atoms in total. The molecule has 1 atom stereocenters. The number of nitrogens with two attached hydrogens (primary N) is 1. The van der Waals surface area contributed by atoms with Crippen LogP contribution in [0.4, 0.5) is 0 Å². The molecule has 1 amide bonds. The summed E-state index contributed by atoms with van der Waals surface area (Å²) in [6.45, 7) is 3.90. The highest BCUT2D eigenvalue weighted by molar-refractivity contribution is 5.81. The number of likely N-dealkylation sites (tertiary alicyclic amines) is 1. The van der Waals surface area contributed by atoms with E-state index in [9.17, 15) is 4.79 Å². The van der Waals surface area contributed by atoms with Crippen LogP contribution in [0, 0.1) is 0 Å².